The fraction of sp³-hybridized carbons (Fsp3) is 0.500. The molecular formula is C30H42ClCuN5O. The van der Waals surface area contributed by atoms with Gasteiger partial charge in [-0.05, 0) is 58.1 Å². The Bertz CT molecular complexity index is 1150. The summed E-state index contributed by atoms with van der Waals surface area (Å²) in [5, 5.41) is 17.8. The molecule has 1 aromatic heterocycles. The van der Waals surface area contributed by atoms with E-state index in [1.165, 1.54) is 33.6 Å². The van der Waals surface area contributed by atoms with Crippen molar-refractivity contribution < 1.29 is 34.6 Å². The molecule has 1 fully saturated rings. The minimum absolute atomic E-state index is 0. The Balaban J connectivity index is 0.00000253. The summed E-state index contributed by atoms with van der Waals surface area (Å²) in [6.07, 6.45) is 1.81. The number of anilines is 2. The molecule has 1 radical (unpaired) electrons. The fourth-order valence-electron chi connectivity index (χ4n) is 5.19. The fourth-order valence-corrected chi connectivity index (χ4v) is 5.19. The zero-order chi connectivity index (χ0) is 26.1. The number of hydrogen-bond acceptors (Lipinski definition) is 5. The van der Waals surface area contributed by atoms with Crippen LogP contribution in [-0.2, 0) is 23.7 Å². The van der Waals surface area contributed by atoms with Gasteiger partial charge in [0.25, 0.3) is 0 Å². The average molecular weight is 588 g/mol. The van der Waals surface area contributed by atoms with E-state index in [-0.39, 0.29) is 36.1 Å². The van der Waals surface area contributed by atoms with Gasteiger partial charge in [0, 0.05) is 24.5 Å². The first-order chi connectivity index (χ1) is 17.1. The minimum Gasteiger partial charge on any atom is -1.00 e. The predicted molar refractivity (Wildman–Crippen MR) is 149 cm³/mol. The number of aliphatic hydroxyl groups excluding tert-OH is 1. The van der Waals surface area contributed by atoms with Gasteiger partial charge in [-0.15, -0.1) is 5.10 Å². The van der Waals surface area contributed by atoms with Crippen LogP contribution in [0.5, 0.6) is 0 Å². The molecule has 0 aliphatic carbocycles. The van der Waals surface area contributed by atoms with Crippen LogP contribution < -0.4 is 22.2 Å². The number of hydrogen-bond donors (Lipinski definition) is 1. The first-order valence-electron chi connectivity index (χ1n) is 13.3. The van der Waals surface area contributed by atoms with Crippen LogP contribution in [0.4, 0.5) is 11.4 Å². The Hall–Kier alpha value is -2.05. The van der Waals surface area contributed by atoms with Gasteiger partial charge >= 0.3 is 17.1 Å². The zero-order valence-corrected chi connectivity index (χ0v) is 25.5. The van der Waals surface area contributed by atoms with Crippen LogP contribution >= 0.6 is 0 Å². The van der Waals surface area contributed by atoms with E-state index in [2.05, 4.69) is 113 Å². The summed E-state index contributed by atoms with van der Waals surface area (Å²) in [4.78, 5) is 4.92. The molecule has 1 saturated heterocycles. The van der Waals surface area contributed by atoms with E-state index >= 15 is 0 Å². The molecule has 211 valence electrons. The summed E-state index contributed by atoms with van der Waals surface area (Å²) < 4.78 is 1.78. The number of para-hydroxylation sites is 1. The number of nitrogens with zero attached hydrogens (tertiary/aromatic N) is 5. The maximum atomic E-state index is 9.47. The Morgan fingerprint density at radius 2 is 1.21 bits per heavy atom. The van der Waals surface area contributed by atoms with Crippen molar-refractivity contribution in [3.8, 4) is 5.69 Å². The van der Waals surface area contributed by atoms with Gasteiger partial charge in [0.1, 0.15) is 12.4 Å². The molecule has 8 heteroatoms. The van der Waals surface area contributed by atoms with Crippen LogP contribution in [0.25, 0.3) is 5.69 Å². The third-order valence-corrected chi connectivity index (χ3v) is 7.14. The molecule has 0 spiro atoms. The van der Waals surface area contributed by atoms with Crippen molar-refractivity contribution in [3.05, 3.63) is 71.1 Å². The summed E-state index contributed by atoms with van der Waals surface area (Å²) in [6, 6.07) is 11.3. The maximum Gasteiger partial charge on any atom is 1.00 e. The molecule has 38 heavy (non-hydrogen) atoms. The second-order valence-corrected chi connectivity index (χ2v) is 11.2. The van der Waals surface area contributed by atoms with E-state index in [0.29, 0.717) is 29.4 Å². The molecule has 2 heterocycles. The monoisotopic (exact) mass is 586 g/mol. The van der Waals surface area contributed by atoms with Crippen molar-refractivity contribution in [3.63, 3.8) is 0 Å². The first kappa shape index (κ1) is 32.2. The summed E-state index contributed by atoms with van der Waals surface area (Å²) in [5.41, 5.74) is 9.67. The van der Waals surface area contributed by atoms with Gasteiger partial charge in [-0.25, -0.2) is 4.68 Å². The molecule has 0 amide bonds. The molecular weight excluding hydrogens is 545 g/mol. The number of halogens is 1. The molecule has 0 saturated carbocycles. The van der Waals surface area contributed by atoms with Crippen molar-refractivity contribution in [2.45, 2.75) is 85.7 Å². The van der Waals surface area contributed by atoms with Gasteiger partial charge in [-0.1, -0.05) is 78.8 Å². The molecule has 3 aromatic rings. The Morgan fingerprint density at radius 3 is 1.61 bits per heavy atom. The van der Waals surface area contributed by atoms with Gasteiger partial charge in [-0.3, -0.25) is 0 Å². The van der Waals surface area contributed by atoms with Crippen molar-refractivity contribution in [1.82, 2.24) is 15.0 Å². The van der Waals surface area contributed by atoms with Gasteiger partial charge < -0.3 is 27.3 Å². The smallest absolute Gasteiger partial charge is 1.00 e. The predicted octanol–water partition coefficient (Wildman–Crippen LogP) is 3.70. The Kier molecular flexibility index (Phi) is 11.3. The zero-order valence-electron chi connectivity index (χ0n) is 23.8. The van der Waals surface area contributed by atoms with Gasteiger partial charge in [0.2, 0.25) is 0 Å². The van der Waals surface area contributed by atoms with Crippen LogP contribution in [0.2, 0.25) is 0 Å². The van der Waals surface area contributed by atoms with Crippen LogP contribution in [0.3, 0.4) is 0 Å². The summed E-state index contributed by atoms with van der Waals surface area (Å²) in [7, 11) is 0. The largest absolute Gasteiger partial charge is 1.00 e. The normalized spacial score (nSPS) is 13.6. The van der Waals surface area contributed by atoms with Crippen LogP contribution in [0, 0.1) is 6.67 Å². The van der Waals surface area contributed by atoms with Gasteiger partial charge in [0.05, 0.1) is 18.5 Å². The Morgan fingerprint density at radius 1 is 0.763 bits per heavy atom. The summed E-state index contributed by atoms with van der Waals surface area (Å²) >= 11 is 0. The second kappa shape index (κ2) is 13.3. The van der Waals surface area contributed by atoms with Crippen molar-refractivity contribution in [1.29, 1.82) is 0 Å². The van der Waals surface area contributed by atoms with E-state index in [1.807, 2.05) is 6.20 Å². The molecule has 6 nitrogen and oxygen atoms in total. The van der Waals surface area contributed by atoms with E-state index < -0.39 is 0 Å². The Labute approximate surface area is 245 Å². The molecule has 2 aromatic carbocycles. The van der Waals surface area contributed by atoms with E-state index in [4.69, 9.17) is 0 Å². The van der Waals surface area contributed by atoms with Crippen LogP contribution in [0.1, 0.15) is 107 Å². The van der Waals surface area contributed by atoms with Crippen molar-refractivity contribution >= 4 is 11.4 Å². The number of aromatic nitrogens is 3. The van der Waals surface area contributed by atoms with Crippen LogP contribution in [-0.4, -0.2) is 33.2 Å². The minimum atomic E-state index is -0.110. The maximum absolute atomic E-state index is 9.47. The molecule has 1 N–H and O–H groups in total. The van der Waals surface area contributed by atoms with Gasteiger partial charge in [-0.2, -0.15) is 0 Å². The SMILES string of the molecule is CC(C)c1cccc(C(C)C)c1N1[CH]N(c2c(C(C)C)cc(-n3cc(CO)nn3)cc2C(C)C)CC1.[Cl-].[Cu+]. The molecule has 0 atom stereocenters. The third-order valence-electron chi connectivity index (χ3n) is 7.14. The summed E-state index contributed by atoms with van der Waals surface area (Å²) in [5.74, 6) is 1.61. The molecule has 4 rings (SSSR count). The van der Waals surface area contributed by atoms with Crippen molar-refractivity contribution in [2.75, 3.05) is 22.9 Å². The summed E-state index contributed by atoms with van der Waals surface area (Å²) in [6.45, 7) is 22.3. The molecule has 1 aliphatic rings. The number of aliphatic hydroxyl groups is 1. The topological polar surface area (TPSA) is 57.4 Å². The number of rotatable bonds is 8. The quantitative estimate of drug-likeness (QED) is 0.408. The van der Waals surface area contributed by atoms with E-state index in [1.54, 1.807) is 4.68 Å². The molecule has 1 aliphatic heterocycles. The first-order valence-corrected chi connectivity index (χ1v) is 13.3. The van der Waals surface area contributed by atoms with Crippen molar-refractivity contribution in [2.24, 2.45) is 0 Å². The number of benzene rings is 2. The van der Waals surface area contributed by atoms with E-state index in [0.717, 1.165) is 18.8 Å². The average Bonchev–Trinajstić information content (AvgIpc) is 3.52. The van der Waals surface area contributed by atoms with Gasteiger partial charge in [0.15, 0.2) is 0 Å². The molecule has 0 bridgehead atoms. The molecule has 0 unspecified atom stereocenters. The van der Waals surface area contributed by atoms with Crippen LogP contribution in [0.15, 0.2) is 36.5 Å². The second-order valence-electron chi connectivity index (χ2n) is 11.2. The van der Waals surface area contributed by atoms with E-state index in [9.17, 15) is 5.11 Å². The standard InChI is InChI=1S/C30H42N5O.ClH.Cu/c1-19(2)25-10-9-11-26(20(3)4)29(25)33-12-13-34(18-33)30-27(21(5)6)14-24(15-28(30)22(7)8)35-16-23(17-36)31-32-35;;/h9-11,14-16,18-22,36H,12-13,17H2,1-8H3;1H;/q;;+1/p-1. The third kappa shape index (κ3) is 6.39.